The first-order chi connectivity index (χ1) is 17.7. The van der Waals surface area contributed by atoms with Crippen molar-refractivity contribution in [2.45, 2.75) is 63.3 Å². The van der Waals surface area contributed by atoms with E-state index in [-0.39, 0.29) is 6.04 Å². The predicted octanol–water partition coefficient (Wildman–Crippen LogP) is 5.82. The predicted molar refractivity (Wildman–Crippen MR) is 138 cm³/mol. The summed E-state index contributed by atoms with van der Waals surface area (Å²) in [6.07, 6.45) is 13.7. The number of hydrogen-bond donors (Lipinski definition) is 2. The van der Waals surface area contributed by atoms with E-state index in [2.05, 4.69) is 39.6 Å². The van der Waals surface area contributed by atoms with Crippen LogP contribution in [-0.2, 0) is 12.8 Å². The lowest BCUT2D eigenvalue weighted by Gasteiger charge is -2.24. The van der Waals surface area contributed by atoms with E-state index >= 15 is 0 Å². The van der Waals surface area contributed by atoms with Gasteiger partial charge in [0.15, 0.2) is 11.5 Å². The second-order valence-corrected chi connectivity index (χ2v) is 10.1. The molecule has 4 heterocycles. The maximum Gasteiger partial charge on any atom is 0.228 e. The summed E-state index contributed by atoms with van der Waals surface area (Å²) in [6.45, 7) is 0. The lowest BCUT2D eigenvalue weighted by Crippen LogP contribution is -2.29. The first kappa shape index (κ1) is 21.5. The smallest absolute Gasteiger partial charge is 0.228 e. The molecule has 0 saturated heterocycles. The number of aryl methyl sites for hydroxylation is 1. The third kappa shape index (κ3) is 3.72. The standard InChI is InChI=1S/C28H28FN7/c29-19-12-18(14-30-15-19)26-34-27-23(17-6-2-1-3-7-17)16-31-36(27)28(35-26)32-20-10-11-25-22(13-20)21-8-4-5-9-24(21)33-25/h4-5,8-9,12,14-17,20,33H,1-3,6-7,10-11,13H2,(H,32,34,35)/t20-/m1/s1. The van der Waals surface area contributed by atoms with Crippen molar-refractivity contribution < 1.29 is 4.39 Å². The molecule has 0 radical (unpaired) electrons. The average Bonchev–Trinajstić information content (AvgIpc) is 3.51. The normalized spacial score (nSPS) is 18.5. The molecule has 1 atom stereocenters. The van der Waals surface area contributed by atoms with Crippen LogP contribution in [0, 0.1) is 5.82 Å². The highest BCUT2D eigenvalue weighted by molar-refractivity contribution is 5.85. The number of para-hydroxylation sites is 1. The van der Waals surface area contributed by atoms with Crippen LogP contribution in [0.3, 0.4) is 0 Å². The number of H-pyrrole nitrogens is 1. The summed E-state index contributed by atoms with van der Waals surface area (Å²) >= 11 is 0. The molecule has 7 rings (SSSR count). The molecule has 1 fully saturated rings. The number of anilines is 1. The molecule has 2 aliphatic carbocycles. The number of halogens is 1. The van der Waals surface area contributed by atoms with Gasteiger partial charge in [0.05, 0.1) is 12.4 Å². The van der Waals surface area contributed by atoms with E-state index in [9.17, 15) is 4.39 Å². The van der Waals surface area contributed by atoms with Crippen LogP contribution in [-0.4, -0.2) is 35.6 Å². The molecule has 4 aromatic heterocycles. The molecule has 0 aliphatic heterocycles. The van der Waals surface area contributed by atoms with Gasteiger partial charge in [-0.25, -0.2) is 9.37 Å². The number of benzene rings is 1. The molecular formula is C28H28FN7. The minimum absolute atomic E-state index is 0.204. The second-order valence-electron chi connectivity index (χ2n) is 10.1. The molecule has 8 heteroatoms. The van der Waals surface area contributed by atoms with Crippen molar-refractivity contribution in [2.24, 2.45) is 0 Å². The average molecular weight is 482 g/mol. The summed E-state index contributed by atoms with van der Waals surface area (Å²) in [6, 6.07) is 10.1. The van der Waals surface area contributed by atoms with Gasteiger partial charge in [-0.1, -0.05) is 37.5 Å². The summed E-state index contributed by atoms with van der Waals surface area (Å²) in [4.78, 5) is 17.3. The Hall–Kier alpha value is -3.81. The van der Waals surface area contributed by atoms with Crippen molar-refractivity contribution in [3.05, 3.63) is 71.6 Å². The fourth-order valence-corrected chi connectivity index (χ4v) is 6.03. The molecule has 2 aliphatic rings. The summed E-state index contributed by atoms with van der Waals surface area (Å²) in [5, 5.41) is 9.70. The van der Waals surface area contributed by atoms with Crippen molar-refractivity contribution in [3.63, 3.8) is 0 Å². The molecule has 7 nitrogen and oxygen atoms in total. The fourth-order valence-electron chi connectivity index (χ4n) is 6.03. The number of hydrogen-bond acceptors (Lipinski definition) is 5. The van der Waals surface area contributed by atoms with Crippen LogP contribution in [0.1, 0.15) is 61.3 Å². The highest BCUT2D eigenvalue weighted by Crippen LogP contribution is 2.36. The third-order valence-electron chi connectivity index (χ3n) is 7.83. The van der Waals surface area contributed by atoms with Crippen molar-refractivity contribution in [3.8, 4) is 11.4 Å². The van der Waals surface area contributed by atoms with Crippen LogP contribution < -0.4 is 5.32 Å². The Kier molecular flexibility index (Phi) is 5.18. The molecule has 1 aromatic carbocycles. The van der Waals surface area contributed by atoms with Crippen LogP contribution in [0.5, 0.6) is 0 Å². The number of nitrogens with one attached hydrogen (secondary N) is 2. The van der Waals surface area contributed by atoms with Crippen LogP contribution in [0.15, 0.2) is 48.9 Å². The molecular weight excluding hydrogens is 453 g/mol. The number of rotatable bonds is 4. The van der Waals surface area contributed by atoms with Gasteiger partial charge in [0.25, 0.3) is 0 Å². The highest BCUT2D eigenvalue weighted by Gasteiger charge is 2.26. The van der Waals surface area contributed by atoms with Gasteiger partial charge < -0.3 is 10.3 Å². The molecule has 5 aromatic rings. The molecule has 36 heavy (non-hydrogen) atoms. The van der Waals surface area contributed by atoms with Crippen LogP contribution in [0.25, 0.3) is 27.9 Å². The van der Waals surface area contributed by atoms with Crippen LogP contribution in [0.4, 0.5) is 10.3 Å². The Morgan fingerprint density at radius 1 is 1.00 bits per heavy atom. The number of nitrogens with zero attached hydrogens (tertiary/aromatic N) is 5. The quantitative estimate of drug-likeness (QED) is 0.338. The van der Waals surface area contributed by atoms with Crippen LogP contribution >= 0.6 is 0 Å². The monoisotopic (exact) mass is 481 g/mol. The molecule has 182 valence electrons. The van der Waals surface area contributed by atoms with E-state index < -0.39 is 5.82 Å². The number of aromatic nitrogens is 6. The van der Waals surface area contributed by atoms with E-state index in [0.29, 0.717) is 23.3 Å². The molecule has 2 N–H and O–H groups in total. The number of fused-ring (bicyclic) bond motifs is 4. The minimum atomic E-state index is -0.398. The zero-order valence-electron chi connectivity index (χ0n) is 20.0. The Morgan fingerprint density at radius 2 is 1.89 bits per heavy atom. The van der Waals surface area contributed by atoms with Gasteiger partial charge >= 0.3 is 0 Å². The van der Waals surface area contributed by atoms with Gasteiger partial charge in [-0.05, 0) is 55.7 Å². The van der Waals surface area contributed by atoms with Crippen molar-refractivity contribution in [1.82, 2.24) is 29.5 Å². The fraction of sp³-hybridized carbons (Fsp3) is 0.357. The SMILES string of the molecule is Fc1cncc(-c2nc(N[C@@H]3CCc4[nH]c5ccccc5c4C3)n3ncc(C4CCCCC4)c3n2)c1. The van der Waals surface area contributed by atoms with E-state index in [4.69, 9.17) is 15.1 Å². The molecule has 0 bridgehead atoms. The Bertz CT molecular complexity index is 1560. The van der Waals surface area contributed by atoms with E-state index in [0.717, 1.165) is 43.3 Å². The van der Waals surface area contributed by atoms with E-state index in [1.165, 1.54) is 53.7 Å². The molecule has 1 saturated carbocycles. The lowest BCUT2D eigenvalue weighted by atomic mass is 9.85. The highest BCUT2D eigenvalue weighted by atomic mass is 19.1. The molecule has 0 amide bonds. The van der Waals surface area contributed by atoms with Gasteiger partial charge in [0.2, 0.25) is 5.95 Å². The van der Waals surface area contributed by atoms with E-state index in [1.807, 2.05) is 10.7 Å². The summed E-state index contributed by atoms with van der Waals surface area (Å²) in [7, 11) is 0. The summed E-state index contributed by atoms with van der Waals surface area (Å²) in [5.41, 5.74) is 6.43. The number of aromatic amines is 1. The van der Waals surface area contributed by atoms with Gasteiger partial charge in [0.1, 0.15) is 5.82 Å². The maximum absolute atomic E-state index is 14.0. The van der Waals surface area contributed by atoms with Gasteiger partial charge in [-0.15, -0.1) is 0 Å². The third-order valence-corrected chi connectivity index (χ3v) is 7.83. The Morgan fingerprint density at radius 3 is 2.78 bits per heavy atom. The number of pyridine rings is 1. The summed E-state index contributed by atoms with van der Waals surface area (Å²) < 4.78 is 15.9. The topological polar surface area (TPSA) is 83.8 Å². The van der Waals surface area contributed by atoms with Gasteiger partial charge in [-0.3, -0.25) is 4.98 Å². The van der Waals surface area contributed by atoms with Gasteiger partial charge in [-0.2, -0.15) is 14.6 Å². The Balaban J connectivity index is 1.29. The summed E-state index contributed by atoms with van der Waals surface area (Å²) in [5.74, 6) is 1.17. The van der Waals surface area contributed by atoms with Gasteiger partial charge in [0, 0.05) is 40.0 Å². The first-order valence-corrected chi connectivity index (χ1v) is 12.9. The Labute approximate surface area is 208 Å². The second kappa shape index (κ2) is 8.69. The zero-order chi connectivity index (χ0) is 24.1. The minimum Gasteiger partial charge on any atom is -0.358 e. The van der Waals surface area contributed by atoms with Crippen molar-refractivity contribution >= 4 is 22.5 Å². The van der Waals surface area contributed by atoms with Crippen LogP contribution in [0.2, 0.25) is 0 Å². The maximum atomic E-state index is 14.0. The largest absolute Gasteiger partial charge is 0.358 e. The molecule has 0 spiro atoms. The molecule has 0 unspecified atom stereocenters. The lowest BCUT2D eigenvalue weighted by molar-refractivity contribution is 0.445. The van der Waals surface area contributed by atoms with Crippen molar-refractivity contribution in [2.75, 3.05) is 5.32 Å². The zero-order valence-corrected chi connectivity index (χ0v) is 20.0. The van der Waals surface area contributed by atoms with Crippen molar-refractivity contribution in [1.29, 1.82) is 0 Å². The van der Waals surface area contributed by atoms with E-state index in [1.54, 1.807) is 6.20 Å². The first-order valence-electron chi connectivity index (χ1n) is 12.9.